The number of anilines is 1. The zero-order valence-corrected chi connectivity index (χ0v) is 30.3. The van der Waals surface area contributed by atoms with Crippen molar-refractivity contribution in [3.05, 3.63) is 114 Å². The third kappa shape index (κ3) is 10.0. The van der Waals surface area contributed by atoms with Crippen molar-refractivity contribution < 1.29 is 27.5 Å². The van der Waals surface area contributed by atoms with Crippen molar-refractivity contribution in [3.63, 3.8) is 0 Å². The minimum Gasteiger partial charge on any atom is -0.497 e. The fraction of sp³-hybridized carbons (Fsp3) is 0.316. The molecule has 49 heavy (non-hydrogen) atoms. The Kier molecular flexibility index (Phi) is 13.6. The molecule has 1 N–H and O–H groups in total. The second kappa shape index (κ2) is 17.8. The molecule has 0 unspecified atom stereocenters. The highest BCUT2D eigenvalue weighted by Crippen LogP contribution is 2.28. The van der Waals surface area contributed by atoms with Gasteiger partial charge in [-0.05, 0) is 98.3 Å². The summed E-state index contributed by atoms with van der Waals surface area (Å²) >= 11 is 1.50. The van der Waals surface area contributed by atoms with E-state index in [9.17, 15) is 18.0 Å². The Morgan fingerprint density at radius 3 is 2.14 bits per heavy atom. The van der Waals surface area contributed by atoms with Crippen LogP contribution in [0.1, 0.15) is 38.3 Å². The molecule has 4 aromatic carbocycles. The fourth-order valence-corrected chi connectivity index (χ4v) is 7.06. The van der Waals surface area contributed by atoms with Gasteiger partial charge in [-0.25, -0.2) is 8.42 Å². The van der Waals surface area contributed by atoms with Crippen LogP contribution in [-0.2, 0) is 32.6 Å². The van der Waals surface area contributed by atoms with Gasteiger partial charge in [0.25, 0.3) is 10.0 Å². The summed E-state index contributed by atoms with van der Waals surface area (Å²) in [5, 5.41) is 3.06. The van der Waals surface area contributed by atoms with Crippen LogP contribution >= 0.6 is 11.8 Å². The number of ether oxygens (including phenoxy) is 2. The molecule has 0 aliphatic carbocycles. The van der Waals surface area contributed by atoms with E-state index in [1.165, 1.54) is 16.7 Å². The number of benzene rings is 4. The van der Waals surface area contributed by atoms with Gasteiger partial charge in [-0.3, -0.25) is 13.9 Å². The first kappa shape index (κ1) is 37.3. The van der Waals surface area contributed by atoms with Crippen molar-refractivity contribution in [1.82, 2.24) is 10.2 Å². The number of hydrogen-bond donors (Lipinski definition) is 1. The van der Waals surface area contributed by atoms with Crippen molar-refractivity contribution in [2.45, 2.75) is 62.0 Å². The molecule has 4 aromatic rings. The number of rotatable bonds is 17. The lowest BCUT2D eigenvalue weighted by Crippen LogP contribution is -2.54. The van der Waals surface area contributed by atoms with Gasteiger partial charge >= 0.3 is 0 Å². The van der Waals surface area contributed by atoms with Gasteiger partial charge < -0.3 is 19.7 Å². The number of carbonyl (C=O) groups excluding carboxylic acids is 2. The van der Waals surface area contributed by atoms with E-state index >= 15 is 0 Å². The number of carbonyl (C=O) groups is 2. The number of hydrogen-bond acceptors (Lipinski definition) is 7. The van der Waals surface area contributed by atoms with Crippen LogP contribution in [0.15, 0.2) is 113 Å². The van der Waals surface area contributed by atoms with Crippen molar-refractivity contribution in [2.75, 3.05) is 30.8 Å². The topological polar surface area (TPSA) is 105 Å². The predicted octanol–water partition coefficient (Wildman–Crippen LogP) is 6.57. The molecule has 0 aliphatic heterocycles. The van der Waals surface area contributed by atoms with Gasteiger partial charge in [0, 0.05) is 23.9 Å². The molecule has 2 amide bonds. The first-order valence-corrected chi connectivity index (χ1v) is 18.9. The molecule has 260 valence electrons. The van der Waals surface area contributed by atoms with Gasteiger partial charge in [0.1, 0.15) is 24.1 Å². The van der Waals surface area contributed by atoms with Crippen molar-refractivity contribution >= 4 is 39.3 Å². The maximum absolute atomic E-state index is 14.7. The molecule has 0 bridgehead atoms. The van der Waals surface area contributed by atoms with Crippen LogP contribution in [0.2, 0.25) is 0 Å². The molecule has 0 saturated heterocycles. The van der Waals surface area contributed by atoms with Crippen LogP contribution in [0, 0.1) is 0 Å². The molecular formula is C38H45N3O6S2. The molecule has 11 heteroatoms. The van der Waals surface area contributed by atoms with E-state index < -0.39 is 28.5 Å². The second-order valence-electron chi connectivity index (χ2n) is 11.5. The molecule has 0 heterocycles. The second-order valence-corrected chi connectivity index (χ2v) is 14.3. The molecule has 0 spiro atoms. The summed E-state index contributed by atoms with van der Waals surface area (Å²) in [6.45, 7) is 5.69. The number of sulfonamides is 1. The summed E-state index contributed by atoms with van der Waals surface area (Å²) in [6, 6.07) is 28.8. The highest BCUT2D eigenvalue weighted by Gasteiger charge is 2.35. The van der Waals surface area contributed by atoms with E-state index in [1.54, 1.807) is 67.8 Å². The van der Waals surface area contributed by atoms with Gasteiger partial charge in [-0.1, -0.05) is 49.4 Å². The molecule has 4 rings (SSSR count). The number of methoxy groups -OCH3 is 1. The minimum atomic E-state index is -4.23. The summed E-state index contributed by atoms with van der Waals surface area (Å²) in [4.78, 5) is 31.2. The Bertz CT molecular complexity index is 1770. The van der Waals surface area contributed by atoms with Crippen molar-refractivity contribution in [3.8, 4) is 11.5 Å². The highest BCUT2D eigenvalue weighted by molar-refractivity contribution is 7.98. The molecule has 0 saturated carbocycles. The Morgan fingerprint density at radius 2 is 1.53 bits per heavy atom. The third-order valence-electron chi connectivity index (χ3n) is 8.12. The lowest BCUT2D eigenvalue weighted by atomic mass is 10.0. The SMILES string of the molecule is CCOc1ccc(N(CC(=O)N(Cc2cccc(OC)c2)[C@@H](Cc2ccccc2)C(=O)N[C@H](C)CC)S(=O)(=O)c2ccc(SC)cc2)cc1. The van der Waals surface area contributed by atoms with E-state index in [0.717, 1.165) is 20.3 Å². The average Bonchev–Trinajstić information content (AvgIpc) is 3.12. The standard InChI is InChI=1S/C38H45N3O6S2/c1-6-28(3)39-38(43)36(25-29-12-9-8-10-13-29)40(26-30-14-11-15-33(24-30)46-4)37(42)27-41(31-16-18-32(19-17-31)47-7-2)49(44,45)35-22-20-34(48-5)21-23-35/h8-24,28,36H,6-7,25-27H2,1-5H3,(H,39,43)/t28-,36+/m1/s1. The quantitative estimate of drug-likeness (QED) is 0.124. The average molecular weight is 704 g/mol. The Hall–Kier alpha value is -4.48. The van der Waals surface area contributed by atoms with Crippen LogP contribution in [0.5, 0.6) is 11.5 Å². The number of amides is 2. The van der Waals surface area contributed by atoms with E-state index in [0.29, 0.717) is 24.5 Å². The van der Waals surface area contributed by atoms with Gasteiger partial charge in [0.15, 0.2) is 0 Å². The van der Waals surface area contributed by atoms with E-state index in [1.807, 2.05) is 69.5 Å². The van der Waals surface area contributed by atoms with Crippen LogP contribution in [-0.4, -0.2) is 63.7 Å². The molecule has 0 radical (unpaired) electrons. The highest BCUT2D eigenvalue weighted by atomic mass is 32.2. The molecule has 0 aliphatic rings. The summed E-state index contributed by atoms with van der Waals surface area (Å²) in [6.07, 6.45) is 2.84. The molecule has 2 atom stereocenters. The number of thioether (sulfide) groups is 1. The predicted molar refractivity (Wildman–Crippen MR) is 196 cm³/mol. The van der Waals surface area contributed by atoms with Crippen LogP contribution < -0.4 is 19.1 Å². The third-order valence-corrected chi connectivity index (χ3v) is 10.7. The maximum Gasteiger partial charge on any atom is 0.264 e. The summed E-state index contributed by atoms with van der Waals surface area (Å²) in [5.74, 6) is 0.309. The van der Waals surface area contributed by atoms with Gasteiger partial charge in [-0.15, -0.1) is 11.8 Å². The van der Waals surface area contributed by atoms with Crippen LogP contribution in [0.3, 0.4) is 0 Å². The van der Waals surface area contributed by atoms with Crippen LogP contribution in [0.4, 0.5) is 5.69 Å². The molecule has 0 aromatic heterocycles. The fourth-order valence-electron chi connectivity index (χ4n) is 5.24. The zero-order chi connectivity index (χ0) is 35.4. The first-order chi connectivity index (χ1) is 23.6. The van der Waals surface area contributed by atoms with Gasteiger partial charge in [0.2, 0.25) is 11.8 Å². The molecular weight excluding hydrogens is 659 g/mol. The van der Waals surface area contributed by atoms with E-state index in [-0.39, 0.29) is 35.5 Å². The van der Waals surface area contributed by atoms with E-state index in [2.05, 4.69) is 5.32 Å². The Morgan fingerprint density at radius 1 is 0.857 bits per heavy atom. The monoisotopic (exact) mass is 703 g/mol. The minimum absolute atomic E-state index is 0.0427. The van der Waals surface area contributed by atoms with E-state index in [4.69, 9.17) is 9.47 Å². The Balaban J connectivity index is 1.82. The molecule has 0 fully saturated rings. The summed E-state index contributed by atoms with van der Waals surface area (Å²) < 4.78 is 40.8. The van der Waals surface area contributed by atoms with Gasteiger partial charge in [-0.2, -0.15) is 0 Å². The lowest BCUT2D eigenvalue weighted by Gasteiger charge is -2.34. The zero-order valence-electron chi connectivity index (χ0n) is 28.7. The summed E-state index contributed by atoms with van der Waals surface area (Å²) in [7, 11) is -2.67. The normalized spacial score (nSPS) is 12.4. The summed E-state index contributed by atoms with van der Waals surface area (Å²) in [5.41, 5.74) is 1.88. The lowest BCUT2D eigenvalue weighted by molar-refractivity contribution is -0.140. The van der Waals surface area contributed by atoms with Crippen LogP contribution in [0.25, 0.3) is 0 Å². The van der Waals surface area contributed by atoms with Crippen molar-refractivity contribution in [1.29, 1.82) is 0 Å². The van der Waals surface area contributed by atoms with Crippen molar-refractivity contribution in [2.24, 2.45) is 0 Å². The maximum atomic E-state index is 14.7. The smallest absolute Gasteiger partial charge is 0.264 e. The number of nitrogens with zero attached hydrogens (tertiary/aromatic N) is 2. The number of nitrogens with one attached hydrogen (secondary N) is 1. The first-order valence-electron chi connectivity index (χ1n) is 16.3. The van der Waals surface area contributed by atoms with Gasteiger partial charge in [0.05, 0.1) is 24.3 Å². The molecule has 9 nitrogen and oxygen atoms in total. The Labute approximate surface area is 294 Å². The largest absolute Gasteiger partial charge is 0.497 e.